The van der Waals surface area contributed by atoms with Crippen LogP contribution in [0.1, 0.15) is 20.3 Å². The van der Waals surface area contributed by atoms with Gasteiger partial charge in [0.1, 0.15) is 11.4 Å². The lowest BCUT2D eigenvalue weighted by atomic mass is 10.1. The first-order chi connectivity index (χ1) is 11.5. The molecule has 0 atom stereocenters. The Balaban J connectivity index is 1.41. The van der Waals surface area contributed by atoms with Gasteiger partial charge in [0.15, 0.2) is 0 Å². The van der Waals surface area contributed by atoms with Gasteiger partial charge in [-0.05, 0) is 38.9 Å². The molecular weight excluding hydrogens is 306 g/mol. The first kappa shape index (κ1) is 16.7. The van der Waals surface area contributed by atoms with E-state index in [9.17, 15) is 9.59 Å². The van der Waals surface area contributed by atoms with Crippen LogP contribution in [0, 0.1) is 0 Å². The molecule has 24 heavy (non-hydrogen) atoms. The molecule has 0 unspecified atom stereocenters. The van der Waals surface area contributed by atoms with Gasteiger partial charge in [-0.15, -0.1) is 0 Å². The summed E-state index contributed by atoms with van der Waals surface area (Å²) in [5.74, 6) is 0.895. The van der Waals surface area contributed by atoms with Crippen molar-refractivity contribution in [2.24, 2.45) is 0 Å². The number of hydrogen-bond donors (Lipinski definition) is 1. The standard InChI is InChI=1S/C17H25N5O2/c1-17(2)15(23)22(16(24)19-17)9-5-8-20-10-12-21(13-11-20)14-6-3-4-7-18-14/h3-4,6-7H,5,8-13H2,1-2H3,(H,19,24). The second kappa shape index (κ2) is 6.76. The van der Waals surface area contributed by atoms with Crippen LogP contribution < -0.4 is 10.2 Å². The molecule has 3 rings (SSSR count). The molecule has 3 amide bonds. The average Bonchev–Trinajstić information content (AvgIpc) is 2.78. The van der Waals surface area contributed by atoms with Crippen LogP contribution in [-0.4, -0.2) is 71.5 Å². The third-order valence-corrected chi connectivity index (χ3v) is 4.65. The van der Waals surface area contributed by atoms with E-state index in [4.69, 9.17) is 0 Å². The van der Waals surface area contributed by atoms with Gasteiger partial charge in [0.05, 0.1) is 0 Å². The molecule has 2 saturated heterocycles. The van der Waals surface area contributed by atoms with E-state index in [2.05, 4.69) is 20.1 Å². The van der Waals surface area contributed by atoms with Gasteiger partial charge in [-0.25, -0.2) is 9.78 Å². The zero-order valence-corrected chi connectivity index (χ0v) is 14.4. The fourth-order valence-corrected chi connectivity index (χ4v) is 3.21. The maximum absolute atomic E-state index is 12.1. The number of anilines is 1. The Labute approximate surface area is 142 Å². The van der Waals surface area contributed by atoms with Crippen LogP contribution in [0.3, 0.4) is 0 Å². The molecular formula is C17H25N5O2. The van der Waals surface area contributed by atoms with E-state index in [0.717, 1.165) is 45.0 Å². The van der Waals surface area contributed by atoms with Crippen molar-refractivity contribution in [3.05, 3.63) is 24.4 Å². The van der Waals surface area contributed by atoms with Crippen LogP contribution in [-0.2, 0) is 4.79 Å². The van der Waals surface area contributed by atoms with Crippen molar-refractivity contribution in [1.82, 2.24) is 20.1 Å². The molecule has 1 N–H and O–H groups in total. The second-order valence-electron chi connectivity index (χ2n) is 6.88. The lowest BCUT2D eigenvalue weighted by molar-refractivity contribution is -0.130. The number of aromatic nitrogens is 1. The average molecular weight is 331 g/mol. The maximum Gasteiger partial charge on any atom is 0.325 e. The Morgan fingerprint density at radius 1 is 1.12 bits per heavy atom. The lowest BCUT2D eigenvalue weighted by Gasteiger charge is -2.35. The molecule has 2 aliphatic heterocycles. The van der Waals surface area contributed by atoms with Crippen molar-refractivity contribution in [3.63, 3.8) is 0 Å². The van der Waals surface area contributed by atoms with Crippen molar-refractivity contribution in [2.45, 2.75) is 25.8 Å². The first-order valence-electron chi connectivity index (χ1n) is 8.50. The number of rotatable bonds is 5. The summed E-state index contributed by atoms with van der Waals surface area (Å²) in [5, 5.41) is 2.72. The highest BCUT2D eigenvalue weighted by molar-refractivity contribution is 6.06. The molecule has 7 heteroatoms. The minimum Gasteiger partial charge on any atom is -0.354 e. The number of carbonyl (C=O) groups excluding carboxylic acids is 2. The lowest BCUT2D eigenvalue weighted by Crippen LogP contribution is -2.47. The van der Waals surface area contributed by atoms with Crippen LogP contribution in [0.5, 0.6) is 0 Å². The second-order valence-corrected chi connectivity index (χ2v) is 6.88. The number of urea groups is 1. The Morgan fingerprint density at radius 3 is 2.46 bits per heavy atom. The molecule has 0 saturated carbocycles. The largest absolute Gasteiger partial charge is 0.354 e. The minimum atomic E-state index is -0.772. The molecule has 130 valence electrons. The van der Waals surface area contributed by atoms with Gasteiger partial charge in [0.25, 0.3) is 5.91 Å². The van der Waals surface area contributed by atoms with Gasteiger partial charge in [0, 0.05) is 38.9 Å². The number of nitrogens with zero attached hydrogens (tertiary/aromatic N) is 4. The van der Waals surface area contributed by atoms with Crippen LogP contribution >= 0.6 is 0 Å². The monoisotopic (exact) mass is 331 g/mol. The number of imide groups is 1. The SMILES string of the molecule is CC1(C)NC(=O)N(CCCN2CCN(c3ccccn3)CC2)C1=O. The molecule has 0 aromatic carbocycles. The third kappa shape index (κ3) is 3.51. The molecule has 7 nitrogen and oxygen atoms in total. The van der Waals surface area contributed by atoms with Crippen LogP contribution in [0.2, 0.25) is 0 Å². The van der Waals surface area contributed by atoms with Gasteiger partial charge >= 0.3 is 6.03 Å². The van der Waals surface area contributed by atoms with Crippen LogP contribution in [0.15, 0.2) is 24.4 Å². The summed E-state index contributed by atoms with van der Waals surface area (Å²) in [5.41, 5.74) is -0.772. The van der Waals surface area contributed by atoms with E-state index < -0.39 is 5.54 Å². The number of pyridine rings is 1. The summed E-state index contributed by atoms with van der Waals surface area (Å²) in [6.07, 6.45) is 2.63. The summed E-state index contributed by atoms with van der Waals surface area (Å²) in [4.78, 5) is 34.4. The zero-order chi connectivity index (χ0) is 17.2. The zero-order valence-electron chi connectivity index (χ0n) is 14.4. The predicted octanol–water partition coefficient (Wildman–Crippen LogP) is 0.924. The van der Waals surface area contributed by atoms with Crippen molar-refractivity contribution < 1.29 is 9.59 Å². The van der Waals surface area contributed by atoms with Crippen molar-refractivity contribution in [2.75, 3.05) is 44.2 Å². The Bertz CT molecular complexity index is 596. The fourth-order valence-electron chi connectivity index (χ4n) is 3.21. The highest BCUT2D eigenvalue weighted by Gasteiger charge is 2.43. The topological polar surface area (TPSA) is 68.8 Å². The molecule has 1 aromatic heterocycles. The third-order valence-electron chi connectivity index (χ3n) is 4.65. The van der Waals surface area contributed by atoms with Gasteiger partial charge in [0.2, 0.25) is 0 Å². The predicted molar refractivity (Wildman–Crippen MR) is 91.8 cm³/mol. The van der Waals surface area contributed by atoms with Crippen LogP contribution in [0.25, 0.3) is 0 Å². The Morgan fingerprint density at radius 2 is 1.88 bits per heavy atom. The molecule has 0 aliphatic carbocycles. The van der Waals surface area contributed by atoms with Gasteiger partial charge in [-0.3, -0.25) is 14.6 Å². The number of hydrogen-bond acceptors (Lipinski definition) is 5. The molecule has 0 bridgehead atoms. The number of amides is 3. The summed E-state index contributed by atoms with van der Waals surface area (Å²) >= 11 is 0. The fraction of sp³-hybridized carbons (Fsp3) is 0.588. The number of carbonyl (C=O) groups is 2. The Kier molecular flexibility index (Phi) is 4.71. The smallest absolute Gasteiger partial charge is 0.325 e. The molecule has 1 aromatic rings. The van der Waals surface area contributed by atoms with E-state index in [1.807, 2.05) is 24.4 Å². The van der Waals surface area contributed by atoms with Crippen molar-refractivity contribution in [3.8, 4) is 0 Å². The van der Waals surface area contributed by atoms with Gasteiger partial charge in [-0.2, -0.15) is 0 Å². The number of nitrogens with one attached hydrogen (secondary N) is 1. The molecule has 3 heterocycles. The molecule has 0 radical (unpaired) electrons. The maximum atomic E-state index is 12.1. The highest BCUT2D eigenvalue weighted by atomic mass is 16.2. The van der Waals surface area contributed by atoms with E-state index in [0.29, 0.717) is 6.54 Å². The van der Waals surface area contributed by atoms with Gasteiger partial charge < -0.3 is 10.2 Å². The molecule has 2 fully saturated rings. The van der Waals surface area contributed by atoms with E-state index >= 15 is 0 Å². The summed E-state index contributed by atoms with van der Waals surface area (Å²) in [6, 6.07) is 5.70. The quantitative estimate of drug-likeness (QED) is 0.813. The summed E-state index contributed by atoms with van der Waals surface area (Å²) in [7, 11) is 0. The molecule has 2 aliphatic rings. The Hall–Kier alpha value is -2.15. The van der Waals surface area contributed by atoms with E-state index in [-0.39, 0.29) is 11.9 Å². The molecule has 0 spiro atoms. The first-order valence-corrected chi connectivity index (χ1v) is 8.50. The number of piperazine rings is 1. The minimum absolute atomic E-state index is 0.132. The van der Waals surface area contributed by atoms with E-state index in [1.165, 1.54) is 4.90 Å². The van der Waals surface area contributed by atoms with Crippen molar-refractivity contribution in [1.29, 1.82) is 0 Å². The van der Waals surface area contributed by atoms with Gasteiger partial charge in [-0.1, -0.05) is 6.07 Å². The highest BCUT2D eigenvalue weighted by Crippen LogP contribution is 2.17. The van der Waals surface area contributed by atoms with Crippen molar-refractivity contribution >= 4 is 17.8 Å². The normalized spacial score (nSPS) is 21.2. The van der Waals surface area contributed by atoms with E-state index in [1.54, 1.807) is 13.8 Å². The van der Waals surface area contributed by atoms with Crippen LogP contribution in [0.4, 0.5) is 10.6 Å². The summed E-state index contributed by atoms with van der Waals surface area (Å²) in [6.45, 7) is 8.71. The summed E-state index contributed by atoms with van der Waals surface area (Å²) < 4.78 is 0.